The van der Waals surface area contributed by atoms with Gasteiger partial charge in [0.1, 0.15) is 16.1 Å². The van der Waals surface area contributed by atoms with Gasteiger partial charge in [0.2, 0.25) is 0 Å². The Kier molecular flexibility index (Phi) is 3.58. The van der Waals surface area contributed by atoms with Crippen molar-refractivity contribution in [1.29, 1.82) is 0 Å². The lowest BCUT2D eigenvalue weighted by Gasteiger charge is -2.11. The summed E-state index contributed by atoms with van der Waals surface area (Å²) in [6, 6.07) is 4.44. The molecule has 1 N–H and O–H groups in total. The number of halogens is 1. The predicted molar refractivity (Wildman–Crippen MR) is 63.5 cm³/mol. The van der Waals surface area contributed by atoms with Gasteiger partial charge in [0, 0.05) is 6.04 Å². The van der Waals surface area contributed by atoms with Gasteiger partial charge in [-0.05, 0) is 54.1 Å². The average Bonchev–Trinajstić information content (AvgIpc) is 2.70. The number of rotatable bonds is 3. The minimum absolute atomic E-state index is 0.522. The third-order valence-corrected chi connectivity index (χ3v) is 2.95. The second-order valence-electron chi connectivity index (χ2n) is 3.42. The molecule has 1 aliphatic rings. The minimum Gasteiger partial charge on any atom is -0.490 e. The van der Waals surface area contributed by atoms with E-state index in [1.165, 1.54) is 12.8 Å². The fourth-order valence-corrected chi connectivity index (χ4v) is 1.86. The van der Waals surface area contributed by atoms with Crippen LogP contribution in [0.4, 0.5) is 0 Å². The molecule has 0 aromatic carbocycles. The quantitative estimate of drug-likeness (QED) is 0.683. The first-order valence-electron chi connectivity index (χ1n) is 4.82. The Bertz CT molecular complexity index is 283. The summed E-state index contributed by atoms with van der Waals surface area (Å²) in [5, 5.41) is 3.39. The zero-order chi connectivity index (χ0) is 9.80. The van der Waals surface area contributed by atoms with E-state index in [1.807, 2.05) is 12.1 Å². The van der Waals surface area contributed by atoms with Crippen LogP contribution < -0.4 is 10.1 Å². The lowest BCUT2D eigenvalue weighted by Crippen LogP contribution is -2.28. The van der Waals surface area contributed by atoms with Crippen molar-refractivity contribution in [3.63, 3.8) is 0 Å². The lowest BCUT2D eigenvalue weighted by atomic mass is 10.2. The normalized spacial score (nSPS) is 21.1. The molecule has 0 radical (unpaired) electrons. The number of nitrogens with one attached hydrogen (secondary N) is 1. The molecule has 1 aromatic heterocycles. The molecule has 1 aliphatic heterocycles. The number of ether oxygens (including phenoxy) is 1. The first-order chi connectivity index (χ1) is 6.84. The highest BCUT2D eigenvalue weighted by Gasteiger charge is 2.14. The van der Waals surface area contributed by atoms with E-state index in [9.17, 15) is 0 Å². The van der Waals surface area contributed by atoms with E-state index < -0.39 is 0 Å². The SMILES string of the molecule is Ic1ccc(OC[C@@H]2CCCN2)cn1. The Hall–Kier alpha value is -0.360. The second-order valence-corrected chi connectivity index (χ2v) is 4.53. The maximum absolute atomic E-state index is 5.62. The number of hydrogen-bond acceptors (Lipinski definition) is 3. The molecule has 76 valence electrons. The summed E-state index contributed by atoms with van der Waals surface area (Å²) in [5.41, 5.74) is 0. The number of aromatic nitrogens is 1. The summed E-state index contributed by atoms with van der Waals surface area (Å²) in [6.45, 7) is 1.88. The molecule has 1 fully saturated rings. The molecule has 2 heterocycles. The molecule has 1 atom stereocenters. The lowest BCUT2D eigenvalue weighted by molar-refractivity contribution is 0.276. The molecule has 0 bridgehead atoms. The third kappa shape index (κ3) is 2.81. The van der Waals surface area contributed by atoms with Crippen molar-refractivity contribution in [2.45, 2.75) is 18.9 Å². The van der Waals surface area contributed by atoms with Crippen LogP contribution in [-0.4, -0.2) is 24.2 Å². The van der Waals surface area contributed by atoms with Crippen LogP contribution in [0.25, 0.3) is 0 Å². The zero-order valence-corrected chi connectivity index (χ0v) is 10.0. The topological polar surface area (TPSA) is 34.1 Å². The van der Waals surface area contributed by atoms with Crippen LogP contribution in [0.1, 0.15) is 12.8 Å². The minimum atomic E-state index is 0.522. The van der Waals surface area contributed by atoms with E-state index in [2.05, 4.69) is 32.9 Å². The highest BCUT2D eigenvalue weighted by Crippen LogP contribution is 2.12. The van der Waals surface area contributed by atoms with Crippen LogP contribution >= 0.6 is 22.6 Å². The van der Waals surface area contributed by atoms with Crippen LogP contribution in [0, 0.1) is 3.70 Å². The van der Waals surface area contributed by atoms with Crippen LogP contribution in [0.5, 0.6) is 5.75 Å². The predicted octanol–water partition coefficient (Wildman–Crippen LogP) is 1.82. The highest BCUT2D eigenvalue weighted by atomic mass is 127. The van der Waals surface area contributed by atoms with Gasteiger partial charge in [-0.25, -0.2) is 4.98 Å². The molecule has 2 rings (SSSR count). The van der Waals surface area contributed by atoms with Gasteiger partial charge in [-0.2, -0.15) is 0 Å². The van der Waals surface area contributed by atoms with Crippen LogP contribution in [-0.2, 0) is 0 Å². The summed E-state index contributed by atoms with van der Waals surface area (Å²) in [6.07, 6.45) is 4.26. The molecule has 0 unspecified atom stereocenters. The van der Waals surface area contributed by atoms with E-state index in [4.69, 9.17) is 4.74 Å². The maximum Gasteiger partial charge on any atom is 0.137 e. The fraction of sp³-hybridized carbons (Fsp3) is 0.500. The van der Waals surface area contributed by atoms with Crippen molar-refractivity contribution >= 4 is 22.6 Å². The van der Waals surface area contributed by atoms with Crippen LogP contribution in [0.2, 0.25) is 0 Å². The average molecular weight is 304 g/mol. The Labute approximate surface area is 97.4 Å². The van der Waals surface area contributed by atoms with Crippen molar-refractivity contribution in [1.82, 2.24) is 10.3 Å². The second kappa shape index (κ2) is 4.93. The van der Waals surface area contributed by atoms with Crippen LogP contribution in [0.3, 0.4) is 0 Å². The number of pyridine rings is 1. The van der Waals surface area contributed by atoms with Crippen molar-refractivity contribution in [3.8, 4) is 5.75 Å². The fourth-order valence-electron chi connectivity index (χ4n) is 1.54. The molecule has 3 nitrogen and oxygen atoms in total. The summed E-state index contributed by atoms with van der Waals surface area (Å²) in [4.78, 5) is 4.17. The van der Waals surface area contributed by atoms with E-state index in [1.54, 1.807) is 6.20 Å². The number of hydrogen-bond donors (Lipinski definition) is 1. The number of nitrogens with zero attached hydrogens (tertiary/aromatic N) is 1. The van der Waals surface area contributed by atoms with Gasteiger partial charge in [0.15, 0.2) is 0 Å². The van der Waals surface area contributed by atoms with E-state index in [0.717, 1.165) is 22.6 Å². The Morgan fingerprint density at radius 2 is 2.50 bits per heavy atom. The standard InChI is InChI=1S/C10H13IN2O/c11-10-4-3-9(6-13-10)14-7-8-2-1-5-12-8/h3-4,6,8,12H,1-2,5,7H2/t8-/m0/s1. The van der Waals surface area contributed by atoms with Gasteiger partial charge < -0.3 is 10.1 Å². The summed E-state index contributed by atoms with van der Waals surface area (Å²) < 4.78 is 6.61. The van der Waals surface area contributed by atoms with Gasteiger partial charge in [0.25, 0.3) is 0 Å². The Morgan fingerprint density at radius 1 is 1.57 bits per heavy atom. The molecular weight excluding hydrogens is 291 g/mol. The van der Waals surface area contributed by atoms with E-state index in [0.29, 0.717) is 6.04 Å². The molecule has 0 saturated carbocycles. The molecule has 0 aliphatic carbocycles. The van der Waals surface area contributed by atoms with Gasteiger partial charge >= 0.3 is 0 Å². The Morgan fingerprint density at radius 3 is 3.14 bits per heavy atom. The Balaban J connectivity index is 1.82. The zero-order valence-electron chi connectivity index (χ0n) is 7.87. The van der Waals surface area contributed by atoms with Crippen molar-refractivity contribution in [3.05, 3.63) is 22.0 Å². The maximum atomic E-state index is 5.62. The van der Waals surface area contributed by atoms with Gasteiger partial charge in [-0.3, -0.25) is 0 Å². The molecule has 1 saturated heterocycles. The molecule has 4 heteroatoms. The van der Waals surface area contributed by atoms with Gasteiger partial charge in [-0.1, -0.05) is 0 Å². The smallest absolute Gasteiger partial charge is 0.137 e. The van der Waals surface area contributed by atoms with E-state index >= 15 is 0 Å². The van der Waals surface area contributed by atoms with Gasteiger partial charge in [-0.15, -0.1) is 0 Å². The molecule has 0 spiro atoms. The van der Waals surface area contributed by atoms with Crippen molar-refractivity contribution in [2.24, 2.45) is 0 Å². The molecular formula is C10H13IN2O. The molecule has 1 aromatic rings. The van der Waals surface area contributed by atoms with Crippen molar-refractivity contribution < 1.29 is 4.74 Å². The third-order valence-electron chi connectivity index (χ3n) is 2.31. The van der Waals surface area contributed by atoms with E-state index in [-0.39, 0.29) is 0 Å². The van der Waals surface area contributed by atoms with Crippen molar-refractivity contribution in [2.75, 3.05) is 13.2 Å². The van der Waals surface area contributed by atoms with Gasteiger partial charge in [0.05, 0.1) is 6.20 Å². The summed E-state index contributed by atoms with van der Waals surface area (Å²) in [7, 11) is 0. The molecule has 0 amide bonds. The largest absolute Gasteiger partial charge is 0.490 e. The van der Waals surface area contributed by atoms with Crippen LogP contribution in [0.15, 0.2) is 18.3 Å². The summed E-state index contributed by atoms with van der Waals surface area (Å²) >= 11 is 2.18. The highest BCUT2D eigenvalue weighted by molar-refractivity contribution is 14.1. The molecule has 14 heavy (non-hydrogen) atoms. The first-order valence-corrected chi connectivity index (χ1v) is 5.90. The summed E-state index contributed by atoms with van der Waals surface area (Å²) in [5.74, 6) is 0.860. The first kappa shape index (κ1) is 10.2. The monoisotopic (exact) mass is 304 g/mol.